The van der Waals surface area contributed by atoms with Crippen LogP contribution >= 0.6 is 11.6 Å². The fourth-order valence-electron chi connectivity index (χ4n) is 1.52. The highest BCUT2D eigenvalue weighted by molar-refractivity contribution is 6.35. The van der Waals surface area contributed by atoms with E-state index in [9.17, 15) is 4.79 Å². The summed E-state index contributed by atoms with van der Waals surface area (Å²) in [5.41, 5.74) is 1.42. The van der Waals surface area contributed by atoms with Gasteiger partial charge < -0.3 is 5.11 Å². The van der Waals surface area contributed by atoms with Gasteiger partial charge in [0.15, 0.2) is 0 Å². The molecular weight excluding hydrogens is 214 g/mol. The molecule has 76 valence electrons. The molecule has 0 aliphatic carbocycles. The van der Waals surface area contributed by atoms with E-state index in [1.165, 1.54) is 0 Å². The van der Waals surface area contributed by atoms with Crippen LogP contribution in [0.2, 0.25) is 5.02 Å². The molecule has 0 spiro atoms. The van der Waals surface area contributed by atoms with E-state index in [1.807, 2.05) is 0 Å². The summed E-state index contributed by atoms with van der Waals surface area (Å²) >= 11 is 5.95. The van der Waals surface area contributed by atoms with Crippen molar-refractivity contribution in [3.63, 3.8) is 0 Å². The number of hydrogen-bond donors (Lipinski definition) is 1. The normalized spacial score (nSPS) is 10.5. The highest BCUT2D eigenvalue weighted by atomic mass is 35.5. The summed E-state index contributed by atoms with van der Waals surface area (Å²) in [5.74, 6) is -0.965. The monoisotopic (exact) mass is 221 g/mol. The molecule has 0 amide bonds. The molecule has 1 N–H and O–H groups in total. The molecule has 0 bridgehead atoms. The molecule has 0 fully saturated rings. The number of benzene rings is 1. The number of hydrogen-bond acceptors (Lipinski definition) is 2. The molecule has 2 rings (SSSR count). The van der Waals surface area contributed by atoms with Gasteiger partial charge in [0.05, 0.1) is 16.1 Å². The number of pyridine rings is 1. The van der Waals surface area contributed by atoms with Gasteiger partial charge in [-0.25, -0.2) is 4.79 Å². The second kappa shape index (κ2) is 3.51. The van der Waals surface area contributed by atoms with Crippen molar-refractivity contribution in [2.45, 2.75) is 6.92 Å². The molecule has 1 aromatic heterocycles. The Bertz CT molecular complexity index is 552. The number of aromatic carboxylic acids is 1. The van der Waals surface area contributed by atoms with Crippen LogP contribution in [0.1, 0.15) is 16.1 Å². The third-order valence-electron chi connectivity index (χ3n) is 2.15. The predicted molar refractivity (Wildman–Crippen MR) is 58.4 cm³/mol. The highest BCUT2D eigenvalue weighted by Crippen LogP contribution is 2.24. The summed E-state index contributed by atoms with van der Waals surface area (Å²) in [5, 5.41) is 10.1. The molecule has 0 unspecified atom stereocenters. The summed E-state index contributed by atoms with van der Waals surface area (Å²) in [6, 6.07) is 6.66. The number of aromatic nitrogens is 1. The lowest BCUT2D eigenvalue weighted by atomic mass is 10.1. The van der Waals surface area contributed by atoms with Gasteiger partial charge in [-0.05, 0) is 19.1 Å². The molecule has 0 radical (unpaired) electrons. The topological polar surface area (TPSA) is 50.2 Å². The van der Waals surface area contributed by atoms with Crippen LogP contribution in [-0.4, -0.2) is 16.1 Å². The highest BCUT2D eigenvalue weighted by Gasteiger charge is 2.11. The molecule has 0 saturated carbocycles. The first-order valence-corrected chi connectivity index (χ1v) is 4.76. The maximum Gasteiger partial charge on any atom is 0.336 e. The van der Waals surface area contributed by atoms with Gasteiger partial charge in [0.25, 0.3) is 0 Å². The molecule has 0 atom stereocenters. The molecule has 4 heteroatoms. The van der Waals surface area contributed by atoms with Gasteiger partial charge in [-0.2, -0.15) is 0 Å². The van der Waals surface area contributed by atoms with Gasteiger partial charge in [0, 0.05) is 11.1 Å². The zero-order valence-corrected chi connectivity index (χ0v) is 8.75. The number of carbonyl (C=O) groups is 1. The second-order valence-corrected chi connectivity index (χ2v) is 3.66. The number of nitrogens with zero attached hydrogens (tertiary/aromatic N) is 1. The zero-order chi connectivity index (χ0) is 11.0. The van der Waals surface area contributed by atoms with Crippen molar-refractivity contribution in [2.75, 3.05) is 0 Å². The Balaban J connectivity index is 2.92. The molecule has 1 heterocycles. The Morgan fingerprint density at radius 1 is 1.47 bits per heavy atom. The molecule has 3 nitrogen and oxygen atoms in total. The minimum Gasteiger partial charge on any atom is -0.478 e. The quantitative estimate of drug-likeness (QED) is 0.806. The average molecular weight is 222 g/mol. The van der Waals surface area contributed by atoms with Gasteiger partial charge in [-0.3, -0.25) is 4.98 Å². The van der Waals surface area contributed by atoms with Crippen LogP contribution in [0.3, 0.4) is 0 Å². The third kappa shape index (κ3) is 1.66. The number of rotatable bonds is 1. The molecule has 1 aromatic carbocycles. The number of carboxylic acid groups (broad SMARTS) is 1. The summed E-state index contributed by atoms with van der Waals surface area (Å²) in [7, 11) is 0. The van der Waals surface area contributed by atoms with E-state index in [4.69, 9.17) is 16.7 Å². The van der Waals surface area contributed by atoms with Crippen LogP contribution in [0.15, 0.2) is 24.3 Å². The summed E-state index contributed by atoms with van der Waals surface area (Å²) in [6.07, 6.45) is 0. The van der Waals surface area contributed by atoms with Crippen molar-refractivity contribution in [2.24, 2.45) is 0 Å². The van der Waals surface area contributed by atoms with Gasteiger partial charge in [-0.15, -0.1) is 0 Å². The van der Waals surface area contributed by atoms with Crippen LogP contribution < -0.4 is 0 Å². The Kier molecular flexibility index (Phi) is 2.32. The Morgan fingerprint density at radius 2 is 2.20 bits per heavy atom. The maximum absolute atomic E-state index is 11.0. The predicted octanol–water partition coefficient (Wildman–Crippen LogP) is 2.89. The lowest BCUT2D eigenvalue weighted by Crippen LogP contribution is -2.00. The van der Waals surface area contributed by atoms with Crippen molar-refractivity contribution in [1.82, 2.24) is 4.98 Å². The van der Waals surface area contributed by atoms with Gasteiger partial charge >= 0.3 is 5.97 Å². The Labute approximate surface area is 91.3 Å². The number of carboxylic acids is 1. The van der Waals surface area contributed by atoms with E-state index < -0.39 is 5.97 Å². The number of fused-ring (bicyclic) bond motifs is 1. The summed E-state index contributed by atoms with van der Waals surface area (Å²) in [6.45, 7) is 1.75. The first-order valence-electron chi connectivity index (χ1n) is 4.39. The SMILES string of the molecule is Cc1cc(C(=O)O)c2cccc(Cl)c2n1. The Morgan fingerprint density at radius 3 is 2.87 bits per heavy atom. The zero-order valence-electron chi connectivity index (χ0n) is 7.99. The minimum absolute atomic E-state index is 0.236. The van der Waals surface area contributed by atoms with E-state index in [0.29, 0.717) is 21.6 Å². The van der Waals surface area contributed by atoms with Crippen LogP contribution in [-0.2, 0) is 0 Å². The maximum atomic E-state index is 11.0. The fraction of sp³-hybridized carbons (Fsp3) is 0.0909. The van der Waals surface area contributed by atoms with Gasteiger partial charge in [-0.1, -0.05) is 23.7 Å². The standard InChI is InChI=1S/C11H8ClNO2/c1-6-5-8(11(14)15)7-3-2-4-9(12)10(7)13-6/h2-5H,1H3,(H,14,15). The van der Waals surface area contributed by atoms with Crippen LogP contribution in [0.5, 0.6) is 0 Å². The number of para-hydroxylation sites is 1. The van der Waals surface area contributed by atoms with Crippen LogP contribution in [0.4, 0.5) is 0 Å². The largest absolute Gasteiger partial charge is 0.478 e. The first kappa shape index (κ1) is 9.93. The number of aryl methyl sites for hydroxylation is 1. The van der Waals surface area contributed by atoms with Crippen molar-refractivity contribution in [3.05, 3.63) is 40.5 Å². The van der Waals surface area contributed by atoms with Gasteiger partial charge in [0.1, 0.15) is 0 Å². The lowest BCUT2D eigenvalue weighted by molar-refractivity contribution is 0.0699. The first-order chi connectivity index (χ1) is 7.09. The molecule has 2 aromatic rings. The van der Waals surface area contributed by atoms with Crippen LogP contribution in [0, 0.1) is 6.92 Å². The third-order valence-corrected chi connectivity index (χ3v) is 2.45. The van der Waals surface area contributed by atoms with E-state index in [2.05, 4.69) is 4.98 Å². The second-order valence-electron chi connectivity index (χ2n) is 3.25. The average Bonchev–Trinajstić information content (AvgIpc) is 2.18. The smallest absolute Gasteiger partial charge is 0.336 e. The van der Waals surface area contributed by atoms with Gasteiger partial charge in [0.2, 0.25) is 0 Å². The number of halogens is 1. The Hall–Kier alpha value is -1.61. The van der Waals surface area contributed by atoms with E-state index in [-0.39, 0.29) is 5.56 Å². The molecule has 0 aliphatic heterocycles. The van der Waals surface area contributed by atoms with E-state index in [0.717, 1.165) is 0 Å². The summed E-state index contributed by atoms with van der Waals surface area (Å²) < 4.78 is 0. The van der Waals surface area contributed by atoms with Crippen molar-refractivity contribution >= 4 is 28.5 Å². The van der Waals surface area contributed by atoms with Crippen molar-refractivity contribution < 1.29 is 9.90 Å². The van der Waals surface area contributed by atoms with Crippen LogP contribution in [0.25, 0.3) is 10.9 Å². The van der Waals surface area contributed by atoms with E-state index >= 15 is 0 Å². The summed E-state index contributed by atoms with van der Waals surface area (Å²) in [4.78, 5) is 15.2. The molecular formula is C11H8ClNO2. The molecule has 0 saturated heterocycles. The minimum atomic E-state index is -0.965. The molecule has 0 aliphatic rings. The van der Waals surface area contributed by atoms with Crippen molar-refractivity contribution in [3.8, 4) is 0 Å². The molecule has 15 heavy (non-hydrogen) atoms. The van der Waals surface area contributed by atoms with E-state index in [1.54, 1.807) is 31.2 Å². The van der Waals surface area contributed by atoms with Crippen molar-refractivity contribution in [1.29, 1.82) is 0 Å². The lowest BCUT2D eigenvalue weighted by Gasteiger charge is -2.04. The fourth-order valence-corrected chi connectivity index (χ4v) is 1.74.